The van der Waals surface area contributed by atoms with E-state index in [0.717, 1.165) is 29.9 Å². The van der Waals surface area contributed by atoms with E-state index in [9.17, 15) is 27.6 Å². The van der Waals surface area contributed by atoms with Crippen molar-refractivity contribution in [2.75, 3.05) is 62.6 Å². The molecule has 0 saturated carbocycles. The minimum absolute atomic E-state index is 0.00331. The number of nitrogens with one attached hydrogen (secondary N) is 1. The lowest BCUT2D eigenvalue weighted by atomic mass is 9.85. The molecule has 0 aromatic heterocycles. The molecule has 2 aliphatic heterocycles. The topological polar surface area (TPSA) is 134 Å². The van der Waals surface area contributed by atoms with Crippen molar-refractivity contribution in [2.45, 2.75) is 78.2 Å². The summed E-state index contributed by atoms with van der Waals surface area (Å²) in [5, 5.41) is 11.8. The monoisotopic (exact) mass is 793 g/mol. The number of rotatable bonds is 16. The number of amides is 3. The van der Waals surface area contributed by atoms with Crippen LogP contribution < -0.4 is 19.9 Å². The number of nitrogens with zero attached hydrogens (tertiary/aromatic N) is 4. The summed E-state index contributed by atoms with van der Waals surface area (Å²) in [7, 11) is 0. The van der Waals surface area contributed by atoms with Crippen molar-refractivity contribution >= 4 is 46.4 Å². The number of carbonyl (C=O) groups excluding carboxylic acids is 3. The average molecular weight is 794 g/mol. The fourth-order valence-corrected chi connectivity index (χ4v) is 6.82. The molecule has 55 heavy (non-hydrogen) atoms. The summed E-state index contributed by atoms with van der Waals surface area (Å²) in [5.74, 6) is -1.97. The predicted molar refractivity (Wildman–Crippen MR) is 199 cm³/mol. The molecule has 2 aliphatic rings. The highest BCUT2D eigenvalue weighted by molar-refractivity contribution is 7.81. The molecule has 1 N–H and O–H groups in total. The quantitative estimate of drug-likeness (QED) is 0.130. The van der Waals surface area contributed by atoms with Gasteiger partial charge in [-0.15, -0.1) is 0 Å². The van der Waals surface area contributed by atoms with Gasteiger partial charge in [0.25, 0.3) is 5.91 Å². The first-order valence-electron chi connectivity index (χ1n) is 17.8. The van der Waals surface area contributed by atoms with Crippen LogP contribution in [0.15, 0.2) is 36.4 Å². The summed E-state index contributed by atoms with van der Waals surface area (Å²) in [4.78, 5) is 43.2. The van der Waals surface area contributed by atoms with Gasteiger partial charge in [0, 0.05) is 24.3 Å². The minimum atomic E-state index is -4.84. The molecule has 0 bridgehead atoms. The van der Waals surface area contributed by atoms with E-state index in [1.807, 2.05) is 32.6 Å². The molecular formula is C38H47F4N5O7S. The normalized spacial score (nSPS) is 17.8. The number of thiocarbonyl (C=S) groups is 1. The van der Waals surface area contributed by atoms with Crippen molar-refractivity contribution in [1.82, 2.24) is 10.2 Å². The van der Waals surface area contributed by atoms with Crippen LogP contribution in [0, 0.1) is 22.6 Å². The first kappa shape index (κ1) is 43.4. The number of anilines is 2. The summed E-state index contributed by atoms with van der Waals surface area (Å²) in [6.07, 6.45) is -2.95. The number of alkyl halides is 3. The first-order chi connectivity index (χ1) is 25.8. The van der Waals surface area contributed by atoms with Crippen LogP contribution in [-0.2, 0) is 34.8 Å². The predicted octanol–water partition coefficient (Wildman–Crippen LogP) is 5.60. The standard InChI is InChI=1S/C38H47F4N5O7S/c1-24-8-7-13-45(24)33(49)32(36(2,3)4)44-31(48)23-53-17-16-51-14-15-52-18-19-54-30-12-11-27(21-29(30)39)47-35(55)46(34(50)37(47,5)6)26-10-9-25(22-43)28(20-26)38(40,41)42/h9-12,20-21,24,32H,7-8,13-19,23H2,1-6H3,(H,44,48). The lowest BCUT2D eigenvalue weighted by molar-refractivity contribution is -0.141. The van der Waals surface area contributed by atoms with Crippen molar-refractivity contribution < 1.29 is 50.9 Å². The van der Waals surface area contributed by atoms with E-state index >= 15 is 4.39 Å². The molecule has 2 aromatic carbocycles. The molecule has 2 unspecified atom stereocenters. The van der Waals surface area contributed by atoms with Gasteiger partial charge in [-0.3, -0.25) is 19.3 Å². The van der Waals surface area contributed by atoms with Gasteiger partial charge in [0.05, 0.1) is 55.9 Å². The van der Waals surface area contributed by atoms with E-state index in [2.05, 4.69) is 5.32 Å². The number of nitriles is 1. The molecular weight excluding hydrogens is 747 g/mol. The number of ether oxygens (including phenoxy) is 4. The Morgan fingerprint density at radius 2 is 1.62 bits per heavy atom. The molecule has 3 amide bonds. The number of hydrogen-bond acceptors (Lipinski definition) is 9. The number of halogens is 4. The number of benzene rings is 2. The van der Waals surface area contributed by atoms with Crippen LogP contribution in [-0.4, -0.2) is 98.1 Å². The summed E-state index contributed by atoms with van der Waals surface area (Å²) in [6.45, 7) is 12.2. The van der Waals surface area contributed by atoms with E-state index in [1.54, 1.807) is 0 Å². The number of hydrogen-bond donors (Lipinski definition) is 1. The summed E-state index contributed by atoms with van der Waals surface area (Å²) in [5.41, 5.74) is -3.67. The molecule has 300 valence electrons. The number of likely N-dealkylation sites (tertiary alicyclic amines) is 1. The second-order valence-electron chi connectivity index (χ2n) is 14.8. The minimum Gasteiger partial charge on any atom is -0.488 e. The zero-order valence-electron chi connectivity index (χ0n) is 31.8. The van der Waals surface area contributed by atoms with Gasteiger partial charge in [-0.05, 0) is 81.6 Å². The van der Waals surface area contributed by atoms with Crippen molar-refractivity contribution in [3.05, 3.63) is 53.3 Å². The Bertz CT molecular complexity index is 1780. The summed E-state index contributed by atoms with van der Waals surface area (Å²) >= 11 is 5.51. The van der Waals surface area contributed by atoms with E-state index in [-0.39, 0.29) is 86.3 Å². The Balaban J connectivity index is 1.17. The maximum atomic E-state index is 15.2. The molecule has 2 atom stereocenters. The molecule has 4 rings (SSSR count). The third-order valence-corrected chi connectivity index (χ3v) is 9.61. The molecule has 0 aliphatic carbocycles. The van der Waals surface area contributed by atoms with Gasteiger partial charge >= 0.3 is 6.18 Å². The fourth-order valence-electron chi connectivity index (χ4n) is 6.30. The van der Waals surface area contributed by atoms with Crippen LogP contribution in [0.25, 0.3) is 0 Å². The summed E-state index contributed by atoms with van der Waals surface area (Å²) in [6, 6.07) is 7.77. The molecule has 17 heteroatoms. The van der Waals surface area contributed by atoms with Crippen molar-refractivity contribution in [1.29, 1.82) is 5.26 Å². The Morgan fingerprint density at radius 1 is 1.00 bits per heavy atom. The third kappa shape index (κ3) is 10.5. The second-order valence-corrected chi connectivity index (χ2v) is 15.2. The van der Waals surface area contributed by atoms with Crippen molar-refractivity contribution in [2.24, 2.45) is 5.41 Å². The third-order valence-electron chi connectivity index (χ3n) is 9.25. The van der Waals surface area contributed by atoms with Gasteiger partial charge in [-0.25, -0.2) is 4.39 Å². The SMILES string of the molecule is CC1CCCN1C(=O)C(NC(=O)COCCOCCOCCOc1ccc(N2C(=S)N(c3ccc(C#N)c(C(F)(F)F)c3)C(=O)C2(C)C)cc1F)C(C)(C)C. The molecule has 0 radical (unpaired) electrons. The van der Waals surface area contributed by atoms with Crippen LogP contribution in [0.1, 0.15) is 65.5 Å². The van der Waals surface area contributed by atoms with Crippen molar-refractivity contribution in [3.63, 3.8) is 0 Å². The van der Waals surface area contributed by atoms with Gasteiger partial charge in [0.2, 0.25) is 11.8 Å². The van der Waals surface area contributed by atoms with Crippen LogP contribution in [0.5, 0.6) is 5.75 Å². The van der Waals surface area contributed by atoms with Crippen LogP contribution in [0.2, 0.25) is 0 Å². The van der Waals surface area contributed by atoms with Gasteiger partial charge in [0.15, 0.2) is 16.7 Å². The Labute approximate surface area is 323 Å². The molecule has 2 aromatic rings. The smallest absolute Gasteiger partial charge is 0.417 e. The molecule has 12 nitrogen and oxygen atoms in total. The zero-order chi connectivity index (χ0) is 40.7. The highest BCUT2D eigenvalue weighted by Crippen LogP contribution is 2.40. The van der Waals surface area contributed by atoms with Crippen LogP contribution >= 0.6 is 12.2 Å². The highest BCUT2D eigenvalue weighted by atomic mass is 32.1. The van der Waals surface area contributed by atoms with Crippen LogP contribution in [0.3, 0.4) is 0 Å². The zero-order valence-corrected chi connectivity index (χ0v) is 32.6. The number of carbonyl (C=O) groups is 3. The maximum absolute atomic E-state index is 15.2. The second kappa shape index (κ2) is 18.1. The average Bonchev–Trinajstić information content (AvgIpc) is 3.61. The fraction of sp³-hybridized carbons (Fsp3) is 0.553. The van der Waals surface area contributed by atoms with E-state index in [4.69, 9.17) is 36.4 Å². The molecule has 2 saturated heterocycles. The Hall–Kier alpha value is -4.37. The lowest BCUT2D eigenvalue weighted by Crippen LogP contribution is -2.56. The lowest BCUT2D eigenvalue weighted by Gasteiger charge is -2.35. The molecule has 2 heterocycles. The highest BCUT2D eigenvalue weighted by Gasteiger charge is 2.51. The van der Waals surface area contributed by atoms with E-state index < -0.39 is 46.0 Å². The Kier molecular flexibility index (Phi) is 14.2. The van der Waals surface area contributed by atoms with Gasteiger partial charge in [-0.1, -0.05) is 20.8 Å². The van der Waals surface area contributed by atoms with Gasteiger partial charge < -0.3 is 34.1 Å². The molecule has 2 fully saturated rings. The van der Waals surface area contributed by atoms with E-state index in [1.165, 1.54) is 43.0 Å². The van der Waals surface area contributed by atoms with Crippen LogP contribution in [0.4, 0.5) is 28.9 Å². The van der Waals surface area contributed by atoms with Crippen molar-refractivity contribution in [3.8, 4) is 11.8 Å². The maximum Gasteiger partial charge on any atom is 0.417 e. The van der Waals surface area contributed by atoms with Gasteiger partial charge in [-0.2, -0.15) is 18.4 Å². The van der Waals surface area contributed by atoms with Gasteiger partial charge in [0.1, 0.15) is 24.8 Å². The Morgan fingerprint density at radius 3 is 2.18 bits per heavy atom. The van der Waals surface area contributed by atoms with E-state index in [0.29, 0.717) is 12.6 Å². The first-order valence-corrected chi connectivity index (χ1v) is 18.3. The summed E-state index contributed by atoms with van der Waals surface area (Å²) < 4.78 is 77.9. The largest absolute Gasteiger partial charge is 0.488 e. The molecule has 0 spiro atoms.